The van der Waals surface area contributed by atoms with Gasteiger partial charge < -0.3 is 9.47 Å². The van der Waals surface area contributed by atoms with Crippen molar-refractivity contribution >= 4 is 11.7 Å². The number of rotatable bonds is 4. The first-order chi connectivity index (χ1) is 7.54. The van der Waals surface area contributed by atoms with Gasteiger partial charge in [0.2, 0.25) is 0 Å². The Labute approximate surface area is 91.9 Å². The van der Waals surface area contributed by atoms with Crippen LogP contribution in [0.15, 0.2) is 18.2 Å². The zero-order valence-corrected chi connectivity index (χ0v) is 8.93. The monoisotopic (exact) mass is 225 g/mol. The van der Waals surface area contributed by atoms with E-state index in [9.17, 15) is 14.9 Å². The molecule has 0 aliphatic rings. The summed E-state index contributed by atoms with van der Waals surface area (Å²) in [5.74, 6) is -0.0941. The Hall–Kier alpha value is -2.11. The zero-order valence-electron chi connectivity index (χ0n) is 8.93. The molecule has 0 aliphatic carbocycles. The van der Waals surface area contributed by atoms with Gasteiger partial charge in [-0.2, -0.15) is 0 Å². The van der Waals surface area contributed by atoms with E-state index in [0.29, 0.717) is 11.3 Å². The first kappa shape index (κ1) is 12.0. The second-order valence-electron chi connectivity index (χ2n) is 3.03. The molecule has 0 saturated heterocycles. The third-order valence-corrected chi connectivity index (χ3v) is 1.92. The molecule has 86 valence electrons. The smallest absolute Gasteiger partial charge is 0.302 e. The SMILES string of the molecule is COc1ccc(COC(C)=O)c([N+](=O)[O-])c1. The normalized spacial score (nSPS) is 9.62. The van der Waals surface area contributed by atoms with Crippen LogP contribution in [0, 0.1) is 10.1 Å². The summed E-state index contributed by atoms with van der Waals surface area (Å²) in [5.41, 5.74) is 0.210. The van der Waals surface area contributed by atoms with Crippen molar-refractivity contribution in [3.8, 4) is 5.75 Å². The number of nitro groups is 1. The van der Waals surface area contributed by atoms with E-state index in [1.807, 2.05) is 0 Å². The third kappa shape index (κ3) is 2.94. The zero-order chi connectivity index (χ0) is 12.1. The molecule has 6 heteroatoms. The highest BCUT2D eigenvalue weighted by atomic mass is 16.6. The van der Waals surface area contributed by atoms with Crippen molar-refractivity contribution < 1.29 is 19.2 Å². The molecule has 0 aliphatic heterocycles. The number of methoxy groups -OCH3 is 1. The maximum Gasteiger partial charge on any atom is 0.302 e. The molecule has 1 aromatic rings. The lowest BCUT2D eigenvalue weighted by molar-refractivity contribution is -0.385. The molecule has 0 radical (unpaired) electrons. The van der Waals surface area contributed by atoms with Crippen LogP contribution in [0.5, 0.6) is 5.75 Å². The summed E-state index contributed by atoms with van der Waals surface area (Å²) in [7, 11) is 1.42. The van der Waals surface area contributed by atoms with Crippen molar-refractivity contribution in [3.63, 3.8) is 0 Å². The van der Waals surface area contributed by atoms with Crippen LogP contribution in [0.4, 0.5) is 5.69 Å². The maximum atomic E-state index is 10.7. The van der Waals surface area contributed by atoms with E-state index in [0.717, 1.165) is 0 Å². The fourth-order valence-corrected chi connectivity index (χ4v) is 1.14. The molecule has 0 spiro atoms. The number of nitro benzene ring substituents is 1. The van der Waals surface area contributed by atoms with Gasteiger partial charge in [-0.25, -0.2) is 0 Å². The van der Waals surface area contributed by atoms with E-state index in [2.05, 4.69) is 0 Å². The van der Waals surface area contributed by atoms with Crippen LogP contribution >= 0.6 is 0 Å². The second-order valence-corrected chi connectivity index (χ2v) is 3.03. The van der Waals surface area contributed by atoms with Gasteiger partial charge >= 0.3 is 5.97 Å². The standard InChI is InChI=1S/C10H11NO5/c1-7(12)16-6-8-3-4-9(15-2)5-10(8)11(13)14/h3-5H,6H2,1-2H3. The van der Waals surface area contributed by atoms with Gasteiger partial charge in [-0.1, -0.05) is 0 Å². The number of carbonyl (C=O) groups excluding carboxylic acids is 1. The van der Waals surface area contributed by atoms with Crippen molar-refractivity contribution in [2.24, 2.45) is 0 Å². The lowest BCUT2D eigenvalue weighted by Gasteiger charge is -2.05. The van der Waals surface area contributed by atoms with Crippen molar-refractivity contribution in [1.29, 1.82) is 0 Å². The lowest BCUT2D eigenvalue weighted by atomic mass is 10.2. The highest BCUT2D eigenvalue weighted by Gasteiger charge is 2.15. The van der Waals surface area contributed by atoms with Crippen molar-refractivity contribution in [2.45, 2.75) is 13.5 Å². The van der Waals surface area contributed by atoms with Crippen LogP contribution in [0.2, 0.25) is 0 Å². The number of carbonyl (C=O) groups is 1. The maximum absolute atomic E-state index is 10.7. The molecule has 1 aromatic carbocycles. The highest BCUT2D eigenvalue weighted by molar-refractivity contribution is 5.66. The van der Waals surface area contributed by atoms with Crippen molar-refractivity contribution in [2.75, 3.05) is 7.11 Å². The molecule has 1 rings (SSSR count). The van der Waals surface area contributed by atoms with Crippen molar-refractivity contribution in [1.82, 2.24) is 0 Å². The number of hydrogen-bond donors (Lipinski definition) is 0. The van der Waals surface area contributed by atoms with Gasteiger partial charge in [0.15, 0.2) is 0 Å². The topological polar surface area (TPSA) is 78.7 Å². The van der Waals surface area contributed by atoms with E-state index in [1.165, 1.54) is 26.2 Å². The number of benzene rings is 1. The summed E-state index contributed by atoms with van der Waals surface area (Å²) in [6.07, 6.45) is 0. The molecule has 0 saturated carbocycles. The average Bonchev–Trinajstić information content (AvgIpc) is 2.25. The lowest BCUT2D eigenvalue weighted by Crippen LogP contribution is -2.02. The molecule has 0 N–H and O–H groups in total. The first-order valence-corrected chi connectivity index (χ1v) is 4.49. The summed E-state index contributed by atoms with van der Waals surface area (Å²) in [6, 6.07) is 4.37. The predicted molar refractivity (Wildman–Crippen MR) is 55.1 cm³/mol. The molecule has 0 aromatic heterocycles. The van der Waals surface area contributed by atoms with Gasteiger partial charge in [0.25, 0.3) is 5.69 Å². The summed E-state index contributed by atoms with van der Waals surface area (Å²) < 4.78 is 9.58. The quantitative estimate of drug-likeness (QED) is 0.442. The highest BCUT2D eigenvalue weighted by Crippen LogP contribution is 2.25. The molecule has 0 fully saturated rings. The van der Waals surface area contributed by atoms with Gasteiger partial charge in [0.1, 0.15) is 12.4 Å². The van der Waals surface area contributed by atoms with Gasteiger partial charge in [-0.05, 0) is 12.1 Å². The van der Waals surface area contributed by atoms with E-state index in [4.69, 9.17) is 9.47 Å². The van der Waals surface area contributed by atoms with Crippen LogP contribution in [-0.4, -0.2) is 18.0 Å². The summed E-state index contributed by atoms with van der Waals surface area (Å²) in [5, 5.41) is 10.7. The molecule has 0 amide bonds. The molecule has 0 atom stereocenters. The largest absolute Gasteiger partial charge is 0.497 e. The first-order valence-electron chi connectivity index (χ1n) is 4.49. The average molecular weight is 225 g/mol. The van der Waals surface area contributed by atoms with E-state index in [1.54, 1.807) is 6.07 Å². The molecule has 0 heterocycles. The fourth-order valence-electron chi connectivity index (χ4n) is 1.14. The minimum absolute atomic E-state index is 0.115. The second kappa shape index (κ2) is 5.11. The van der Waals surface area contributed by atoms with E-state index >= 15 is 0 Å². The van der Waals surface area contributed by atoms with Gasteiger partial charge in [-0.15, -0.1) is 0 Å². The summed E-state index contributed by atoms with van der Waals surface area (Å²) >= 11 is 0. The fraction of sp³-hybridized carbons (Fsp3) is 0.300. The van der Waals surface area contributed by atoms with Crippen LogP contribution in [0.25, 0.3) is 0 Å². The minimum Gasteiger partial charge on any atom is -0.497 e. The van der Waals surface area contributed by atoms with Gasteiger partial charge in [0, 0.05) is 6.92 Å². The molecule has 0 unspecified atom stereocenters. The van der Waals surface area contributed by atoms with Crippen molar-refractivity contribution in [3.05, 3.63) is 33.9 Å². The van der Waals surface area contributed by atoms with Crippen LogP contribution in [0.1, 0.15) is 12.5 Å². The Morgan fingerprint density at radius 2 is 2.19 bits per heavy atom. The van der Waals surface area contributed by atoms with E-state index in [-0.39, 0.29) is 12.3 Å². The molecular weight excluding hydrogens is 214 g/mol. The Bertz CT molecular complexity index is 416. The Morgan fingerprint density at radius 1 is 1.50 bits per heavy atom. The van der Waals surface area contributed by atoms with Crippen LogP contribution in [0.3, 0.4) is 0 Å². The third-order valence-electron chi connectivity index (χ3n) is 1.92. The van der Waals surface area contributed by atoms with Gasteiger partial charge in [0.05, 0.1) is 23.7 Å². The minimum atomic E-state index is -0.540. The Morgan fingerprint density at radius 3 is 2.69 bits per heavy atom. The molecular formula is C10H11NO5. The number of esters is 1. The van der Waals surface area contributed by atoms with Crippen LogP contribution in [-0.2, 0) is 16.1 Å². The van der Waals surface area contributed by atoms with Crippen LogP contribution < -0.4 is 4.74 Å². The number of nitrogens with zero attached hydrogens (tertiary/aromatic N) is 1. The molecule has 0 bridgehead atoms. The predicted octanol–water partition coefficient (Wildman–Crippen LogP) is 1.67. The molecule has 16 heavy (non-hydrogen) atoms. The summed E-state index contributed by atoms with van der Waals surface area (Å²) in [6.45, 7) is 1.13. The van der Waals surface area contributed by atoms with Gasteiger partial charge in [-0.3, -0.25) is 14.9 Å². The molecule has 6 nitrogen and oxygen atoms in total. The Kier molecular flexibility index (Phi) is 3.82. The summed E-state index contributed by atoms with van der Waals surface area (Å²) in [4.78, 5) is 20.8. The number of ether oxygens (including phenoxy) is 2. The van der Waals surface area contributed by atoms with E-state index < -0.39 is 10.9 Å². The Balaban J connectivity index is 2.98. The number of hydrogen-bond acceptors (Lipinski definition) is 5.